The van der Waals surface area contributed by atoms with Crippen molar-refractivity contribution in [2.24, 2.45) is 0 Å². The fourth-order valence-electron chi connectivity index (χ4n) is 0. The molecule has 36 valence electrons. The van der Waals surface area contributed by atoms with Gasteiger partial charge in [0.2, 0.25) is 0 Å². The quantitative estimate of drug-likeness (QED) is 0.365. The number of hydrogen-bond donors (Lipinski definition) is 1. The van der Waals surface area contributed by atoms with Crippen molar-refractivity contribution in [3.8, 4) is 0 Å². The SMILES string of the molecule is [H-].[H-].[Na+].[Na+].[O]=[Mn](=[O])(=[O])[OH]. The Kier molecular flexibility index (Phi) is 13.7. The second-order valence-corrected chi connectivity index (χ2v) is 1.63. The Morgan fingerprint density at radius 2 is 1.14 bits per heavy atom. The van der Waals surface area contributed by atoms with Gasteiger partial charge in [0.25, 0.3) is 0 Å². The van der Waals surface area contributed by atoms with E-state index < -0.39 is 13.0 Å². The van der Waals surface area contributed by atoms with Gasteiger partial charge in [0.1, 0.15) is 0 Å². The molecule has 0 aromatic rings. The molecule has 0 aromatic carbocycles. The van der Waals surface area contributed by atoms with E-state index in [2.05, 4.69) is 0 Å². The zero-order valence-electron chi connectivity index (χ0n) is 6.05. The first-order valence-corrected chi connectivity index (χ1v) is 2.61. The van der Waals surface area contributed by atoms with Crippen molar-refractivity contribution in [3.05, 3.63) is 0 Å². The molecular formula is H3MnNa2O4. The molecule has 1 N–H and O–H groups in total. The molecule has 0 rings (SSSR count). The monoisotopic (exact) mass is 168 g/mol. The van der Waals surface area contributed by atoms with Crippen LogP contribution in [0.25, 0.3) is 0 Å². The van der Waals surface area contributed by atoms with Crippen LogP contribution in [0.4, 0.5) is 0 Å². The third kappa shape index (κ3) is 77.1. The van der Waals surface area contributed by atoms with Gasteiger partial charge in [-0.25, -0.2) is 0 Å². The molecule has 0 unspecified atom stereocenters. The van der Waals surface area contributed by atoms with E-state index >= 15 is 0 Å². The van der Waals surface area contributed by atoms with E-state index in [0.29, 0.717) is 0 Å². The topological polar surface area (TPSA) is 71.4 Å². The fraction of sp³-hybridized carbons (Fsp3) is 0. The van der Waals surface area contributed by atoms with Gasteiger partial charge in [-0.15, -0.1) is 0 Å². The van der Waals surface area contributed by atoms with Crippen molar-refractivity contribution in [3.63, 3.8) is 0 Å². The Labute approximate surface area is 89.4 Å². The first kappa shape index (κ1) is 15.9. The molecular weight excluding hydrogens is 165 g/mol. The summed E-state index contributed by atoms with van der Waals surface area (Å²) in [6, 6.07) is 0. The van der Waals surface area contributed by atoms with E-state index in [4.69, 9.17) is 15.7 Å². The van der Waals surface area contributed by atoms with Crippen molar-refractivity contribution in [1.82, 2.24) is 0 Å². The van der Waals surface area contributed by atoms with E-state index in [9.17, 15) is 0 Å². The van der Waals surface area contributed by atoms with E-state index in [0.717, 1.165) is 0 Å². The number of rotatable bonds is 0. The van der Waals surface area contributed by atoms with Crippen molar-refractivity contribution < 1.29 is 90.6 Å². The molecule has 0 aliphatic rings. The van der Waals surface area contributed by atoms with Gasteiger partial charge in [0.15, 0.2) is 0 Å². The van der Waals surface area contributed by atoms with Gasteiger partial charge >= 0.3 is 87.8 Å². The summed E-state index contributed by atoms with van der Waals surface area (Å²) in [7, 11) is 0. The molecule has 4 nitrogen and oxygen atoms in total. The Balaban J connectivity index is -0.0000000133. The molecule has 7 heavy (non-hydrogen) atoms. The summed E-state index contributed by atoms with van der Waals surface area (Å²) < 4.78 is 33.1. The normalized spacial score (nSPS) is 8.14. The molecule has 0 spiro atoms. The van der Waals surface area contributed by atoms with Crippen LogP contribution in [-0.4, -0.2) is 4.19 Å². The third-order valence-corrected chi connectivity index (χ3v) is 0. The predicted octanol–water partition coefficient (Wildman–Crippen LogP) is -6.68. The van der Waals surface area contributed by atoms with Crippen LogP contribution in [0, 0.1) is 0 Å². The second kappa shape index (κ2) is 6.01. The molecule has 0 aromatic heterocycles. The molecule has 0 bridgehead atoms. The molecule has 0 aliphatic heterocycles. The maximum absolute atomic E-state index is 8.69. The van der Waals surface area contributed by atoms with Crippen LogP contribution in [0.1, 0.15) is 2.85 Å². The van der Waals surface area contributed by atoms with Gasteiger partial charge in [-0.05, 0) is 0 Å². The number of hydrogen-bond acceptors (Lipinski definition) is 3. The van der Waals surface area contributed by atoms with E-state index in [1.807, 2.05) is 0 Å². The van der Waals surface area contributed by atoms with Crippen LogP contribution < -0.4 is 59.1 Å². The Bertz CT molecular complexity index is 138. The van der Waals surface area contributed by atoms with Crippen LogP contribution >= 0.6 is 0 Å². The summed E-state index contributed by atoms with van der Waals surface area (Å²) in [5.41, 5.74) is 0. The van der Waals surface area contributed by atoms with Gasteiger partial charge in [-0.3, -0.25) is 0 Å². The maximum atomic E-state index is 8.69. The summed E-state index contributed by atoms with van der Waals surface area (Å²) in [5, 5.41) is 0. The Hall–Kier alpha value is 1.88. The first-order chi connectivity index (χ1) is 2.00. The van der Waals surface area contributed by atoms with Gasteiger partial charge < -0.3 is 2.85 Å². The summed E-state index contributed by atoms with van der Waals surface area (Å²) in [6.07, 6.45) is 0. The minimum atomic E-state index is -5.38. The van der Waals surface area contributed by atoms with Crippen LogP contribution in [0.15, 0.2) is 0 Å². The molecule has 0 aliphatic carbocycles. The molecule has 0 heterocycles. The summed E-state index contributed by atoms with van der Waals surface area (Å²) in [6.45, 7) is 0. The molecule has 0 atom stereocenters. The van der Waals surface area contributed by atoms with Crippen LogP contribution in [0.3, 0.4) is 0 Å². The molecule has 0 saturated heterocycles. The standard InChI is InChI=1S/Mn.2Na.H2O.3O.2H/h;;;1H2;;;;;/q3*+1;;;;;2*-1/p-1. The zero-order chi connectivity index (χ0) is 4.50. The fourth-order valence-corrected chi connectivity index (χ4v) is 0. The average Bonchev–Trinajstić information content (AvgIpc) is 0.722. The average molecular weight is 168 g/mol. The summed E-state index contributed by atoms with van der Waals surface area (Å²) in [4.78, 5) is 0. The van der Waals surface area contributed by atoms with Gasteiger partial charge in [0.05, 0.1) is 0 Å². The Morgan fingerprint density at radius 1 is 1.14 bits per heavy atom. The second-order valence-electron chi connectivity index (χ2n) is 0.396. The molecule has 0 amide bonds. The molecule has 0 fully saturated rings. The van der Waals surface area contributed by atoms with Crippen molar-refractivity contribution in [1.29, 1.82) is 0 Å². The molecule has 7 heteroatoms. The van der Waals surface area contributed by atoms with Crippen LogP contribution in [0.2, 0.25) is 0 Å². The molecule has 0 saturated carbocycles. The predicted molar refractivity (Wildman–Crippen MR) is 6.50 cm³/mol. The van der Waals surface area contributed by atoms with E-state index in [1.165, 1.54) is 0 Å². The minimum absolute atomic E-state index is 0. The van der Waals surface area contributed by atoms with Crippen molar-refractivity contribution in [2.75, 3.05) is 0 Å². The summed E-state index contributed by atoms with van der Waals surface area (Å²) in [5.74, 6) is 0. The Morgan fingerprint density at radius 3 is 1.14 bits per heavy atom. The van der Waals surface area contributed by atoms with Crippen LogP contribution in [-0.2, 0) is 24.5 Å². The van der Waals surface area contributed by atoms with Crippen molar-refractivity contribution >= 4 is 0 Å². The molecule has 0 radical (unpaired) electrons. The van der Waals surface area contributed by atoms with Gasteiger partial charge in [0, 0.05) is 0 Å². The van der Waals surface area contributed by atoms with Gasteiger partial charge in [-0.2, -0.15) is 0 Å². The van der Waals surface area contributed by atoms with E-state index in [-0.39, 0.29) is 62.0 Å². The van der Waals surface area contributed by atoms with E-state index in [1.54, 1.807) is 0 Å². The first-order valence-electron chi connectivity index (χ1n) is 0.632. The van der Waals surface area contributed by atoms with Gasteiger partial charge in [-0.1, -0.05) is 0 Å². The third-order valence-electron chi connectivity index (χ3n) is 0. The van der Waals surface area contributed by atoms with Crippen molar-refractivity contribution in [2.45, 2.75) is 0 Å². The summed E-state index contributed by atoms with van der Waals surface area (Å²) >= 11 is -5.38. The zero-order valence-corrected chi connectivity index (χ0v) is 9.23. The van der Waals surface area contributed by atoms with Crippen LogP contribution in [0.5, 0.6) is 0 Å².